The Labute approximate surface area is 120 Å². The molecule has 1 aliphatic carbocycles. The molecule has 20 heavy (non-hydrogen) atoms. The molecule has 1 saturated carbocycles. The zero-order valence-corrected chi connectivity index (χ0v) is 12.2. The van der Waals surface area contributed by atoms with Gasteiger partial charge in [0.15, 0.2) is 0 Å². The Balaban J connectivity index is 2.20. The molecule has 0 amide bonds. The van der Waals surface area contributed by atoms with Crippen molar-refractivity contribution in [1.29, 1.82) is 0 Å². The monoisotopic (exact) mass is 277 g/mol. The molecule has 1 aliphatic rings. The fourth-order valence-corrected chi connectivity index (χ4v) is 2.27. The standard InChI is InChI=1S/C16H23NO3/c1-12-3-7-14(8-4-12)16(10-17,15(18)19-2)11-20-9-13-5-6-13/h3-4,7-8,13H,5-6,9-11,17H2,1-2H3. The van der Waals surface area contributed by atoms with E-state index in [1.165, 1.54) is 20.0 Å². The van der Waals surface area contributed by atoms with Crippen LogP contribution in [0.2, 0.25) is 0 Å². The van der Waals surface area contributed by atoms with Crippen LogP contribution in [0.1, 0.15) is 24.0 Å². The number of hydrogen-bond donors (Lipinski definition) is 1. The number of esters is 1. The summed E-state index contributed by atoms with van der Waals surface area (Å²) in [5.74, 6) is 0.320. The van der Waals surface area contributed by atoms with Crippen molar-refractivity contribution < 1.29 is 14.3 Å². The van der Waals surface area contributed by atoms with E-state index in [9.17, 15) is 4.79 Å². The van der Waals surface area contributed by atoms with Gasteiger partial charge < -0.3 is 15.2 Å². The molecular formula is C16H23NO3. The van der Waals surface area contributed by atoms with Gasteiger partial charge >= 0.3 is 5.97 Å². The highest BCUT2D eigenvalue weighted by Crippen LogP contribution is 2.31. The number of aryl methyl sites for hydroxylation is 1. The summed E-state index contributed by atoms with van der Waals surface area (Å²) in [5.41, 5.74) is 7.00. The minimum atomic E-state index is -0.905. The maximum atomic E-state index is 12.3. The van der Waals surface area contributed by atoms with Crippen LogP contribution in [-0.4, -0.2) is 32.8 Å². The third-order valence-corrected chi connectivity index (χ3v) is 3.93. The van der Waals surface area contributed by atoms with Crippen LogP contribution < -0.4 is 5.73 Å². The van der Waals surface area contributed by atoms with Gasteiger partial charge in [-0.1, -0.05) is 29.8 Å². The molecule has 2 rings (SSSR count). The summed E-state index contributed by atoms with van der Waals surface area (Å²) in [6.07, 6.45) is 2.44. The normalized spacial score (nSPS) is 17.6. The van der Waals surface area contributed by atoms with E-state index in [1.54, 1.807) is 0 Å². The lowest BCUT2D eigenvalue weighted by Crippen LogP contribution is -2.47. The first kappa shape index (κ1) is 15.0. The van der Waals surface area contributed by atoms with Crippen molar-refractivity contribution in [2.24, 2.45) is 11.7 Å². The maximum absolute atomic E-state index is 12.3. The van der Waals surface area contributed by atoms with Gasteiger partial charge in [0, 0.05) is 13.2 Å². The third kappa shape index (κ3) is 3.19. The van der Waals surface area contributed by atoms with Crippen LogP contribution in [0.5, 0.6) is 0 Å². The minimum Gasteiger partial charge on any atom is -0.468 e. The minimum absolute atomic E-state index is 0.174. The molecule has 1 unspecified atom stereocenters. The van der Waals surface area contributed by atoms with Gasteiger partial charge in [-0.25, -0.2) is 0 Å². The zero-order valence-electron chi connectivity index (χ0n) is 12.2. The lowest BCUT2D eigenvalue weighted by molar-refractivity contribution is -0.150. The zero-order chi connectivity index (χ0) is 14.6. The molecule has 1 atom stereocenters. The predicted octanol–water partition coefficient (Wildman–Crippen LogP) is 1.79. The van der Waals surface area contributed by atoms with Crippen molar-refractivity contribution in [1.82, 2.24) is 0 Å². The number of nitrogens with two attached hydrogens (primary N) is 1. The third-order valence-electron chi connectivity index (χ3n) is 3.93. The van der Waals surface area contributed by atoms with Crippen LogP contribution in [0, 0.1) is 12.8 Å². The average Bonchev–Trinajstić information content (AvgIpc) is 3.28. The van der Waals surface area contributed by atoms with E-state index in [0.717, 1.165) is 11.1 Å². The molecule has 0 saturated heterocycles. The number of hydrogen-bond acceptors (Lipinski definition) is 4. The Hall–Kier alpha value is -1.39. The summed E-state index contributed by atoms with van der Waals surface area (Å²) in [6.45, 7) is 3.16. The lowest BCUT2D eigenvalue weighted by Gasteiger charge is -2.30. The molecular weight excluding hydrogens is 254 g/mol. The van der Waals surface area contributed by atoms with Crippen molar-refractivity contribution in [3.63, 3.8) is 0 Å². The van der Waals surface area contributed by atoms with Crippen LogP contribution in [-0.2, 0) is 19.7 Å². The van der Waals surface area contributed by atoms with E-state index in [1.807, 2.05) is 31.2 Å². The summed E-state index contributed by atoms with van der Waals surface area (Å²) >= 11 is 0. The number of rotatable bonds is 7. The molecule has 0 aliphatic heterocycles. The van der Waals surface area contributed by atoms with Gasteiger partial charge in [0.2, 0.25) is 0 Å². The molecule has 1 aromatic rings. The van der Waals surface area contributed by atoms with Crippen LogP contribution >= 0.6 is 0 Å². The Morgan fingerprint density at radius 3 is 2.50 bits per heavy atom. The van der Waals surface area contributed by atoms with Crippen molar-refractivity contribution in [3.8, 4) is 0 Å². The highest BCUT2D eigenvalue weighted by molar-refractivity contribution is 5.83. The van der Waals surface area contributed by atoms with Gasteiger partial charge in [-0.2, -0.15) is 0 Å². The maximum Gasteiger partial charge on any atom is 0.319 e. The molecule has 1 fully saturated rings. The van der Waals surface area contributed by atoms with E-state index in [4.69, 9.17) is 15.2 Å². The highest BCUT2D eigenvalue weighted by atomic mass is 16.5. The fraction of sp³-hybridized carbons (Fsp3) is 0.562. The van der Waals surface area contributed by atoms with Crippen molar-refractivity contribution >= 4 is 5.97 Å². The molecule has 0 spiro atoms. The Bertz CT molecular complexity index is 453. The van der Waals surface area contributed by atoms with Crippen LogP contribution in [0.4, 0.5) is 0 Å². The molecule has 0 radical (unpaired) electrons. The molecule has 1 aromatic carbocycles. The molecule has 4 heteroatoms. The largest absolute Gasteiger partial charge is 0.468 e. The second-order valence-electron chi connectivity index (χ2n) is 5.60. The number of ether oxygens (including phenoxy) is 2. The second kappa shape index (κ2) is 6.37. The van der Waals surface area contributed by atoms with E-state index in [-0.39, 0.29) is 19.1 Å². The van der Waals surface area contributed by atoms with Gasteiger partial charge in [0.05, 0.1) is 13.7 Å². The van der Waals surface area contributed by atoms with Crippen LogP contribution in [0.25, 0.3) is 0 Å². The van der Waals surface area contributed by atoms with Gasteiger partial charge in [0.25, 0.3) is 0 Å². The fourth-order valence-electron chi connectivity index (χ4n) is 2.27. The van der Waals surface area contributed by atoms with E-state index in [0.29, 0.717) is 12.5 Å². The Morgan fingerprint density at radius 2 is 2.00 bits per heavy atom. The smallest absolute Gasteiger partial charge is 0.319 e. The lowest BCUT2D eigenvalue weighted by atomic mass is 9.81. The molecule has 110 valence electrons. The number of carbonyl (C=O) groups excluding carboxylic acids is 1. The summed E-state index contributed by atoms with van der Waals surface area (Å²) in [6, 6.07) is 7.81. The molecule has 0 heterocycles. The topological polar surface area (TPSA) is 61.5 Å². The van der Waals surface area contributed by atoms with Crippen molar-refractivity contribution in [2.75, 3.05) is 26.9 Å². The van der Waals surface area contributed by atoms with Crippen molar-refractivity contribution in [3.05, 3.63) is 35.4 Å². The highest BCUT2D eigenvalue weighted by Gasteiger charge is 2.41. The second-order valence-corrected chi connectivity index (χ2v) is 5.60. The quantitative estimate of drug-likeness (QED) is 0.772. The number of methoxy groups -OCH3 is 1. The SMILES string of the molecule is COC(=O)C(CN)(COCC1CC1)c1ccc(C)cc1. The number of benzene rings is 1. The molecule has 4 nitrogen and oxygen atoms in total. The first-order valence-electron chi connectivity index (χ1n) is 7.06. The molecule has 0 aromatic heterocycles. The van der Waals surface area contributed by atoms with Crippen LogP contribution in [0.3, 0.4) is 0 Å². The number of carbonyl (C=O) groups is 1. The molecule has 2 N–H and O–H groups in total. The summed E-state index contributed by atoms with van der Waals surface area (Å²) in [5, 5.41) is 0. The van der Waals surface area contributed by atoms with E-state index in [2.05, 4.69) is 0 Å². The average molecular weight is 277 g/mol. The summed E-state index contributed by atoms with van der Waals surface area (Å²) < 4.78 is 10.7. The van der Waals surface area contributed by atoms with Gasteiger partial charge in [-0.3, -0.25) is 4.79 Å². The first-order chi connectivity index (χ1) is 9.62. The van der Waals surface area contributed by atoms with E-state index < -0.39 is 5.41 Å². The first-order valence-corrected chi connectivity index (χ1v) is 7.06. The van der Waals surface area contributed by atoms with Crippen LogP contribution in [0.15, 0.2) is 24.3 Å². The predicted molar refractivity (Wildman–Crippen MR) is 77.5 cm³/mol. The Morgan fingerprint density at radius 1 is 1.35 bits per heavy atom. The summed E-state index contributed by atoms with van der Waals surface area (Å²) in [7, 11) is 1.39. The van der Waals surface area contributed by atoms with Gasteiger partial charge in [-0.15, -0.1) is 0 Å². The summed E-state index contributed by atoms with van der Waals surface area (Å²) in [4.78, 5) is 12.3. The van der Waals surface area contributed by atoms with Crippen molar-refractivity contribution in [2.45, 2.75) is 25.2 Å². The van der Waals surface area contributed by atoms with E-state index >= 15 is 0 Å². The molecule has 0 bridgehead atoms. The van der Waals surface area contributed by atoms with Gasteiger partial charge in [0.1, 0.15) is 5.41 Å². The Kier molecular flexibility index (Phi) is 4.78. The van der Waals surface area contributed by atoms with Gasteiger partial charge in [-0.05, 0) is 31.2 Å².